The second kappa shape index (κ2) is 6.41. The average Bonchev–Trinajstić information content (AvgIpc) is 3.28. The van der Waals surface area contributed by atoms with E-state index in [1.54, 1.807) is 23.2 Å². The van der Waals surface area contributed by atoms with E-state index >= 15 is 0 Å². The zero-order valence-corrected chi connectivity index (χ0v) is 13.8. The topological polar surface area (TPSA) is 57.6 Å². The van der Waals surface area contributed by atoms with Gasteiger partial charge in [-0.2, -0.15) is 0 Å². The fourth-order valence-corrected chi connectivity index (χ4v) is 4.28. The smallest absolute Gasteiger partial charge is 0.308 e. The zero-order chi connectivity index (χ0) is 15.7. The summed E-state index contributed by atoms with van der Waals surface area (Å²) in [5.74, 6) is -1.31. The standard InChI is InChI=1S/C17H23NO3S/c1-11(17(20)21)10-18(13-7-8-13)16(19)15-9-12-5-3-2-4-6-14(12)22-15/h9,11,13H,2-8,10H2,1H3,(H,20,21). The molecule has 0 bridgehead atoms. The number of aryl methyl sites for hydroxylation is 2. The van der Waals surface area contributed by atoms with Crippen LogP contribution in [0.15, 0.2) is 6.07 Å². The van der Waals surface area contributed by atoms with Crippen LogP contribution in [0.1, 0.15) is 59.1 Å². The second-order valence-electron chi connectivity index (χ2n) is 6.55. The Balaban J connectivity index is 1.77. The molecule has 1 aromatic heterocycles. The van der Waals surface area contributed by atoms with Gasteiger partial charge in [0.05, 0.1) is 10.8 Å². The maximum absolute atomic E-state index is 12.8. The maximum atomic E-state index is 12.8. The summed E-state index contributed by atoms with van der Waals surface area (Å²) >= 11 is 1.63. The van der Waals surface area contributed by atoms with Gasteiger partial charge in [-0.15, -0.1) is 11.3 Å². The third-order valence-electron chi connectivity index (χ3n) is 4.60. The Morgan fingerprint density at radius 1 is 1.32 bits per heavy atom. The Kier molecular flexibility index (Phi) is 4.52. The fraction of sp³-hybridized carbons (Fsp3) is 0.647. The number of carboxylic acid groups (broad SMARTS) is 1. The Morgan fingerprint density at radius 3 is 2.73 bits per heavy atom. The summed E-state index contributed by atoms with van der Waals surface area (Å²) in [6.07, 6.45) is 7.86. The third-order valence-corrected chi connectivity index (χ3v) is 5.82. The Labute approximate surface area is 135 Å². The van der Waals surface area contributed by atoms with Crippen molar-refractivity contribution in [3.8, 4) is 0 Å². The molecule has 1 N–H and O–H groups in total. The van der Waals surface area contributed by atoms with Gasteiger partial charge in [-0.05, 0) is 50.2 Å². The molecule has 1 amide bonds. The summed E-state index contributed by atoms with van der Waals surface area (Å²) < 4.78 is 0. The van der Waals surface area contributed by atoms with Gasteiger partial charge in [0, 0.05) is 17.5 Å². The molecular weight excluding hydrogens is 298 g/mol. The minimum atomic E-state index is -0.833. The minimum Gasteiger partial charge on any atom is -0.481 e. The predicted octanol–water partition coefficient (Wildman–Crippen LogP) is 3.34. The SMILES string of the molecule is CC(CN(C(=O)c1cc2c(s1)CCCCC2)C1CC1)C(=O)O. The first-order valence-electron chi connectivity index (χ1n) is 8.21. The van der Waals surface area contributed by atoms with E-state index in [1.165, 1.54) is 29.7 Å². The average molecular weight is 321 g/mol. The lowest BCUT2D eigenvalue weighted by atomic mass is 10.1. The van der Waals surface area contributed by atoms with E-state index in [0.717, 1.165) is 30.6 Å². The van der Waals surface area contributed by atoms with E-state index in [9.17, 15) is 9.59 Å². The van der Waals surface area contributed by atoms with Crippen LogP contribution in [0.2, 0.25) is 0 Å². The molecule has 1 unspecified atom stereocenters. The molecular formula is C17H23NO3S. The number of carbonyl (C=O) groups excluding carboxylic acids is 1. The number of carboxylic acids is 1. The number of hydrogen-bond donors (Lipinski definition) is 1. The highest BCUT2D eigenvalue weighted by molar-refractivity contribution is 7.14. The number of amides is 1. The van der Waals surface area contributed by atoms with Crippen molar-refractivity contribution in [1.82, 2.24) is 4.90 Å². The minimum absolute atomic E-state index is 0.0358. The maximum Gasteiger partial charge on any atom is 0.308 e. The summed E-state index contributed by atoms with van der Waals surface area (Å²) in [5.41, 5.74) is 1.34. The van der Waals surface area contributed by atoms with Crippen LogP contribution < -0.4 is 0 Å². The molecule has 0 aliphatic heterocycles. The molecule has 2 aliphatic rings. The van der Waals surface area contributed by atoms with Gasteiger partial charge in [-0.25, -0.2) is 0 Å². The summed E-state index contributed by atoms with van der Waals surface area (Å²) in [6, 6.07) is 2.31. The van der Waals surface area contributed by atoms with E-state index in [4.69, 9.17) is 5.11 Å². The summed E-state index contributed by atoms with van der Waals surface area (Å²) in [7, 11) is 0. The van der Waals surface area contributed by atoms with Crippen LogP contribution >= 0.6 is 11.3 Å². The number of fused-ring (bicyclic) bond motifs is 1. The van der Waals surface area contributed by atoms with Gasteiger partial charge in [0.1, 0.15) is 0 Å². The third kappa shape index (κ3) is 3.35. The first-order chi connectivity index (χ1) is 10.6. The summed E-state index contributed by atoms with van der Waals surface area (Å²) in [6.45, 7) is 2.00. The van der Waals surface area contributed by atoms with E-state index in [0.29, 0.717) is 6.54 Å². The lowest BCUT2D eigenvalue weighted by molar-refractivity contribution is -0.141. The number of aliphatic carboxylic acids is 1. The molecule has 1 aromatic rings. The quantitative estimate of drug-likeness (QED) is 0.846. The predicted molar refractivity (Wildman–Crippen MR) is 86.4 cm³/mol. The Bertz CT molecular complexity index is 553. The number of thiophene rings is 1. The van der Waals surface area contributed by atoms with Crippen molar-refractivity contribution in [1.29, 1.82) is 0 Å². The first kappa shape index (κ1) is 15.5. The van der Waals surface area contributed by atoms with Crippen molar-refractivity contribution in [3.63, 3.8) is 0 Å². The van der Waals surface area contributed by atoms with Crippen LogP contribution in [0.4, 0.5) is 0 Å². The molecule has 120 valence electrons. The van der Waals surface area contributed by atoms with Crippen molar-refractivity contribution in [2.45, 2.75) is 57.9 Å². The molecule has 1 heterocycles. The second-order valence-corrected chi connectivity index (χ2v) is 7.68. The molecule has 0 aromatic carbocycles. The van der Waals surface area contributed by atoms with Crippen molar-refractivity contribution < 1.29 is 14.7 Å². The summed E-state index contributed by atoms with van der Waals surface area (Å²) in [5, 5.41) is 9.11. The highest BCUT2D eigenvalue weighted by atomic mass is 32.1. The molecule has 0 spiro atoms. The van der Waals surface area contributed by atoms with Crippen molar-refractivity contribution >= 4 is 23.2 Å². The molecule has 1 saturated carbocycles. The van der Waals surface area contributed by atoms with Gasteiger partial charge in [0.25, 0.3) is 5.91 Å². The van der Waals surface area contributed by atoms with Crippen LogP contribution in [0.25, 0.3) is 0 Å². The van der Waals surface area contributed by atoms with E-state index < -0.39 is 11.9 Å². The van der Waals surface area contributed by atoms with Gasteiger partial charge >= 0.3 is 5.97 Å². The summed E-state index contributed by atoms with van der Waals surface area (Å²) in [4.78, 5) is 27.9. The molecule has 2 aliphatic carbocycles. The van der Waals surface area contributed by atoms with Crippen molar-refractivity contribution in [2.75, 3.05) is 6.54 Å². The van der Waals surface area contributed by atoms with Crippen LogP contribution in [-0.4, -0.2) is 34.5 Å². The molecule has 5 heteroatoms. The lowest BCUT2D eigenvalue weighted by Crippen LogP contribution is -2.38. The zero-order valence-electron chi connectivity index (χ0n) is 13.0. The van der Waals surface area contributed by atoms with E-state index in [-0.39, 0.29) is 11.9 Å². The molecule has 0 saturated heterocycles. The van der Waals surface area contributed by atoms with E-state index in [2.05, 4.69) is 6.07 Å². The number of rotatable bonds is 5. The van der Waals surface area contributed by atoms with Gasteiger partial charge in [0.2, 0.25) is 0 Å². The molecule has 22 heavy (non-hydrogen) atoms. The molecule has 1 atom stereocenters. The first-order valence-corrected chi connectivity index (χ1v) is 9.03. The van der Waals surface area contributed by atoms with Crippen molar-refractivity contribution in [2.24, 2.45) is 5.92 Å². The normalized spacial score (nSPS) is 19.1. The molecule has 4 nitrogen and oxygen atoms in total. The lowest BCUT2D eigenvalue weighted by Gasteiger charge is -2.23. The largest absolute Gasteiger partial charge is 0.481 e. The highest BCUT2D eigenvalue weighted by Gasteiger charge is 2.35. The molecule has 1 fully saturated rings. The van der Waals surface area contributed by atoms with Crippen LogP contribution in [0.5, 0.6) is 0 Å². The van der Waals surface area contributed by atoms with Crippen LogP contribution in [0.3, 0.4) is 0 Å². The van der Waals surface area contributed by atoms with Crippen molar-refractivity contribution in [3.05, 3.63) is 21.4 Å². The fourth-order valence-electron chi connectivity index (χ4n) is 3.07. The Hall–Kier alpha value is -1.36. The van der Waals surface area contributed by atoms with Gasteiger partial charge in [-0.3, -0.25) is 9.59 Å². The monoisotopic (exact) mass is 321 g/mol. The molecule has 3 rings (SSSR count). The van der Waals surface area contributed by atoms with E-state index in [1.807, 2.05) is 0 Å². The van der Waals surface area contributed by atoms with Crippen LogP contribution in [0, 0.1) is 5.92 Å². The van der Waals surface area contributed by atoms with Gasteiger partial charge in [-0.1, -0.05) is 13.3 Å². The number of hydrogen-bond acceptors (Lipinski definition) is 3. The van der Waals surface area contributed by atoms with Gasteiger partial charge in [0.15, 0.2) is 0 Å². The van der Waals surface area contributed by atoms with Gasteiger partial charge < -0.3 is 10.0 Å². The number of nitrogens with zero attached hydrogens (tertiary/aromatic N) is 1. The number of carbonyl (C=O) groups is 2. The molecule has 0 radical (unpaired) electrons. The Morgan fingerprint density at radius 2 is 2.05 bits per heavy atom. The highest BCUT2D eigenvalue weighted by Crippen LogP contribution is 2.33. The van der Waals surface area contributed by atoms with Crippen LogP contribution in [-0.2, 0) is 17.6 Å².